The van der Waals surface area contributed by atoms with Gasteiger partial charge < -0.3 is 15.9 Å². The third-order valence-electron chi connectivity index (χ3n) is 1.50. The largest absolute Gasteiger partial charge is 0.505 e. The number of anilines is 1. The van der Waals surface area contributed by atoms with Crippen molar-refractivity contribution in [2.24, 2.45) is 0 Å². The molecule has 0 unspecified atom stereocenters. The van der Waals surface area contributed by atoms with E-state index < -0.39 is 5.97 Å². The van der Waals surface area contributed by atoms with Crippen molar-refractivity contribution < 1.29 is 15.0 Å². The van der Waals surface area contributed by atoms with E-state index in [4.69, 9.17) is 10.8 Å². The summed E-state index contributed by atoms with van der Waals surface area (Å²) in [5, 5.41) is 17.7. The average molecular weight is 179 g/mol. The molecule has 0 aromatic heterocycles. The molecule has 0 spiro atoms. The molecule has 68 valence electrons. The number of carboxylic acid groups (broad SMARTS) is 1. The Kier molecular flexibility index (Phi) is 2.54. The minimum absolute atomic E-state index is 0.0972. The summed E-state index contributed by atoms with van der Waals surface area (Å²) in [7, 11) is 0. The van der Waals surface area contributed by atoms with Crippen molar-refractivity contribution in [1.29, 1.82) is 0 Å². The lowest BCUT2D eigenvalue weighted by Gasteiger charge is -2.00. The predicted octanol–water partition coefficient (Wildman–Crippen LogP) is 1.07. The third-order valence-corrected chi connectivity index (χ3v) is 1.50. The number of phenolic OH excluding ortho intramolecular Hbond substituents is 1. The molecule has 4 heteroatoms. The fraction of sp³-hybridized carbons (Fsp3) is 0. The van der Waals surface area contributed by atoms with Gasteiger partial charge in [0.15, 0.2) is 0 Å². The monoisotopic (exact) mass is 179 g/mol. The maximum atomic E-state index is 10.2. The van der Waals surface area contributed by atoms with Crippen LogP contribution in [-0.2, 0) is 4.79 Å². The standard InChI is InChI=1S/C9H9NO3/c10-7-3-1-2-6(9(7)13)4-5-8(11)12/h1-5,13H,10H2,(H,11,12)/b5-4+. The van der Waals surface area contributed by atoms with E-state index in [0.717, 1.165) is 6.08 Å². The Morgan fingerprint density at radius 3 is 2.77 bits per heavy atom. The van der Waals surface area contributed by atoms with Crippen molar-refractivity contribution in [3.05, 3.63) is 29.8 Å². The van der Waals surface area contributed by atoms with Crippen molar-refractivity contribution in [3.63, 3.8) is 0 Å². The van der Waals surface area contributed by atoms with Gasteiger partial charge in [0.25, 0.3) is 0 Å². The van der Waals surface area contributed by atoms with E-state index in [1.165, 1.54) is 12.1 Å². The number of carbonyl (C=O) groups is 1. The van der Waals surface area contributed by atoms with Crippen LogP contribution in [0.25, 0.3) is 6.08 Å². The van der Waals surface area contributed by atoms with E-state index in [9.17, 15) is 9.90 Å². The van der Waals surface area contributed by atoms with Crippen LogP contribution in [0.4, 0.5) is 5.69 Å². The summed E-state index contributed by atoms with van der Waals surface area (Å²) >= 11 is 0. The molecule has 1 rings (SSSR count). The van der Waals surface area contributed by atoms with Gasteiger partial charge in [-0.3, -0.25) is 0 Å². The fourth-order valence-corrected chi connectivity index (χ4v) is 0.876. The average Bonchev–Trinajstić information content (AvgIpc) is 2.07. The molecule has 1 aromatic rings. The number of benzene rings is 1. The number of nitrogen functional groups attached to an aromatic ring is 1. The third kappa shape index (κ3) is 2.23. The van der Waals surface area contributed by atoms with Crippen LogP contribution in [0.1, 0.15) is 5.56 Å². The van der Waals surface area contributed by atoms with Crippen LogP contribution in [0.15, 0.2) is 24.3 Å². The first-order chi connectivity index (χ1) is 6.11. The molecule has 0 fully saturated rings. The lowest BCUT2D eigenvalue weighted by atomic mass is 10.1. The SMILES string of the molecule is Nc1cccc(/C=C/C(=O)O)c1O. The van der Waals surface area contributed by atoms with E-state index in [0.29, 0.717) is 5.56 Å². The second kappa shape index (κ2) is 3.62. The lowest BCUT2D eigenvalue weighted by molar-refractivity contribution is -0.131. The number of para-hydroxylation sites is 1. The summed E-state index contributed by atoms with van der Waals surface area (Å²) in [6.45, 7) is 0. The van der Waals surface area contributed by atoms with E-state index in [-0.39, 0.29) is 11.4 Å². The highest BCUT2D eigenvalue weighted by Crippen LogP contribution is 2.25. The summed E-state index contributed by atoms with van der Waals surface area (Å²) in [6.07, 6.45) is 2.22. The van der Waals surface area contributed by atoms with Gasteiger partial charge in [-0.25, -0.2) is 4.79 Å². The molecule has 13 heavy (non-hydrogen) atoms. The molecule has 0 aliphatic heterocycles. The van der Waals surface area contributed by atoms with Crippen LogP contribution in [0, 0.1) is 0 Å². The molecular formula is C9H9NO3. The topological polar surface area (TPSA) is 83.6 Å². The number of hydrogen-bond donors (Lipinski definition) is 3. The molecule has 4 nitrogen and oxygen atoms in total. The summed E-state index contributed by atoms with van der Waals surface area (Å²) in [6, 6.07) is 4.75. The van der Waals surface area contributed by atoms with Crippen LogP contribution in [0.2, 0.25) is 0 Å². The molecule has 0 radical (unpaired) electrons. The molecule has 0 aliphatic carbocycles. The molecule has 0 heterocycles. The van der Waals surface area contributed by atoms with Crippen molar-refractivity contribution >= 4 is 17.7 Å². The molecule has 0 amide bonds. The predicted molar refractivity (Wildman–Crippen MR) is 49.2 cm³/mol. The van der Waals surface area contributed by atoms with Gasteiger partial charge in [-0.1, -0.05) is 12.1 Å². The number of nitrogens with two attached hydrogens (primary N) is 1. The Labute approximate surface area is 74.9 Å². The van der Waals surface area contributed by atoms with Crippen LogP contribution >= 0.6 is 0 Å². The number of phenols is 1. The zero-order chi connectivity index (χ0) is 9.84. The molecular weight excluding hydrogens is 170 g/mol. The van der Waals surface area contributed by atoms with Crippen LogP contribution < -0.4 is 5.73 Å². The second-order valence-corrected chi connectivity index (χ2v) is 2.46. The van der Waals surface area contributed by atoms with Crippen LogP contribution in [0.3, 0.4) is 0 Å². The molecule has 0 atom stereocenters. The van der Waals surface area contributed by atoms with E-state index >= 15 is 0 Å². The smallest absolute Gasteiger partial charge is 0.328 e. The highest BCUT2D eigenvalue weighted by molar-refractivity contribution is 5.86. The Hall–Kier alpha value is -1.97. The van der Waals surface area contributed by atoms with E-state index in [1.54, 1.807) is 12.1 Å². The number of aliphatic carboxylic acids is 1. The first-order valence-corrected chi connectivity index (χ1v) is 3.59. The fourth-order valence-electron chi connectivity index (χ4n) is 0.876. The van der Waals surface area contributed by atoms with Gasteiger partial charge in [0.2, 0.25) is 0 Å². The maximum absolute atomic E-state index is 10.2. The van der Waals surface area contributed by atoms with Gasteiger partial charge in [-0.05, 0) is 12.1 Å². The summed E-state index contributed by atoms with van der Waals surface area (Å²) in [4.78, 5) is 10.2. The molecule has 0 aliphatic rings. The number of carboxylic acids is 1. The summed E-state index contributed by atoms with van der Waals surface area (Å²) in [5.74, 6) is -1.16. The van der Waals surface area contributed by atoms with Gasteiger partial charge in [0.05, 0.1) is 5.69 Å². The molecule has 4 N–H and O–H groups in total. The van der Waals surface area contributed by atoms with Gasteiger partial charge in [0, 0.05) is 11.6 Å². The van der Waals surface area contributed by atoms with Crippen LogP contribution in [-0.4, -0.2) is 16.2 Å². The van der Waals surface area contributed by atoms with Crippen molar-refractivity contribution in [2.45, 2.75) is 0 Å². The highest BCUT2D eigenvalue weighted by Gasteiger charge is 2.00. The zero-order valence-corrected chi connectivity index (χ0v) is 6.77. The van der Waals surface area contributed by atoms with Gasteiger partial charge in [-0.15, -0.1) is 0 Å². The number of aromatic hydroxyl groups is 1. The molecule has 0 saturated heterocycles. The van der Waals surface area contributed by atoms with E-state index in [2.05, 4.69) is 0 Å². The summed E-state index contributed by atoms with van der Waals surface area (Å²) in [5.41, 5.74) is 6.02. The molecule has 1 aromatic carbocycles. The Morgan fingerprint density at radius 1 is 1.46 bits per heavy atom. The van der Waals surface area contributed by atoms with Gasteiger partial charge >= 0.3 is 5.97 Å². The Balaban J connectivity index is 3.02. The van der Waals surface area contributed by atoms with E-state index in [1.807, 2.05) is 0 Å². The lowest BCUT2D eigenvalue weighted by Crippen LogP contribution is -1.88. The Morgan fingerprint density at radius 2 is 2.15 bits per heavy atom. The first-order valence-electron chi connectivity index (χ1n) is 3.59. The molecule has 0 bridgehead atoms. The van der Waals surface area contributed by atoms with Gasteiger partial charge in [-0.2, -0.15) is 0 Å². The van der Waals surface area contributed by atoms with Gasteiger partial charge in [0.1, 0.15) is 5.75 Å². The second-order valence-electron chi connectivity index (χ2n) is 2.46. The quantitative estimate of drug-likeness (QED) is 0.360. The maximum Gasteiger partial charge on any atom is 0.328 e. The van der Waals surface area contributed by atoms with Crippen molar-refractivity contribution in [1.82, 2.24) is 0 Å². The minimum atomic E-state index is -1.07. The highest BCUT2D eigenvalue weighted by atomic mass is 16.4. The molecule has 0 saturated carbocycles. The zero-order valence-electron chi connectivity index (χ0n) is 6.77. The summed E-state index contributed by atoms with van der Waals surface area (Å²) < 4.78 is 0. The number of hydrogen-bond acceptors (Lipinski definition) is 3. The van der Waals surface area contributed by atoms with Crippen molar-refractivity contribution in [3.8, 4) is 5.75 Å². The van der Waals surface area contributed by atoms with Crippen LogP contribution in [0.5, 0.6) is 5.75 Å². The Bertz CT molecular complexity index is 358. The number of rotatable bonds is 2. The minimum Gasteiger partial charge on any atom is -0.505 e. The first kappa shape index (κ1) is 9.12. The van der Waals surface area contributed by atoms with Crippen molar-refractivity contribution in [2.75, 3.05) is 5.73 Å². The normalized spacial score (nSPS) is 10.5.